The third-order valence-corrected chi connectivity index (χ3v) is 4.22. The van der Waals surface area contributed by atoms with Crippen LogP contribution in [0.5, 0.6) is 0 Å². The highest BCUT2D eigenvalue weighted by atomic mass is 35.5. The smallest absolute Gasteiger partial charge is 0.0928 e. The Morgan fingerprint density at radius 2 is 1.94 bits per heavy atom. The van der Waals surface area contributed by atoms with Crippen molar-refractivity contribution >= 4 is 34.5 Å². The molecular formula is C13H8Cl2N2S. The largest absolute Gasteiger partial charge is 0.276 e. The SMILES string of the molecule is Clc1ccc(-c2cc(-c3cccs3)[nH]n2)cc1Cl. The first kappa shape index (κ1) is 11.8. The van der Waals surface area contributed by atoms with E-state index in [1.54, 1.807) is 17.4 Å². The maximum Gasteiger partial charge on any atom is 0.0928 e. The number of rotatable bonds is 2. The number of nitrogens with one attached hydrogen (secondary N) is 1. The Bertz CT molecular complexity index is 674. The third kappa shape index (κ3) is 2.17. The van der Waals surface area contributed by atoms with Crippen LogP contribution >= 0.6 is 34.5 Å². The van der Waals surface area contributed by atoms with Crippen LogP contribution in [0.15, 0.2) is 41.8 Å². The van der Waals surface area contributed by atoms with E-state index in [0.29, 0.717) is 10.0 Å². The molecule has 1 aromatic carbocycles. The molecule has 0 bridgehead atoms. The summed E-state index contributed by atoms with van der Waals surface area (Å²) in [5.74, 6) is 0. The van der Waals surface area contributed by atoms with Crippen molar-refractivity contribution in [1.82, 2.24) is 10.2 Å². The summed E-state index contributed by atoms with van der Waals surface area (Å²) in [6.07, 6.45) is 0. The van der Waals surface area contributed by atoms with Gasteiger partial charge in [0.25, 0.3) is 0 Å². The van der Waals surface area contributed by atoms with Crippen molar-refractivity contribution in [2.24, 2.45) is 0 Å². The molecule has 0 unspecified atom stereocenters. The zero-order chi connectivity index (χ0) is 12.5. The average molecular weight is 295 g/mol. The van der Waals surface area contributed by atoms with Crippen molar-refractivity contribution in [1.29, 1.82) is 0 Å². The summed E-state index contributed by atoms with van der Waals surface area (Å²) in [4.78, 5) is 1.16. The normalized spacial score (nSPS) is 10.8. The predicted octanol–water partition coefficient (Wildman–Crippen LogP) is 5.11. The summed E-state index contributed by atoms with van der Waals surface area (Å²) in [5.41, 5.74) is 2.81. The van der Waals surface area contributed by atoms with Crippen LogP contribution in [0.25, 0.3) is 21.8 Å². The van der Waals surface area contributed by atoms with E-state index in [-0.39, 0.29) is 0 Å². The highest BCUT2D eigenvalue weighted by Crippen LogP contribution is 2.30. The molecule has 2 heterocycles. The molecule has 0 atom stereocenters. The van der Waals surface area contributed by atoms with Crippen molar-refractivity contribution < 1.29 is 0 Å². The Labute approximate surface area is 118 Å². The number of nitrogens with zero attached hydrogens (tertiary/aromatic N) is 1. The Balaban J connectivity index is 2.00. The summed E-state index contributed by atoms with van der Waals surface area (Å²) >= 11 is 13.6. The van der Waals surface area contributed by atoms with Gasteiger partial charge in [0.15, 0.2) is 0 Å². The fraction of sp³-hybridized carbons (Fsp3) is 0. The van der Waals surface area contributed by atoms with Crippen LogP contribution < -0.4 is 0 Å². The van der Waals surface area contributed by atoms with Crippen LogP contribution in [0.2, 0.25) is 10.0 Å². The molecule has 0 spiro atoms. The molecule has 0 saturated carbocycles. The lowest BCUT2D eigenvalue weighted by Crippen LogP contribution is -1.78. The first-order valence-corrected chi connectivity index (χ1v) is 6.92. The molecule has 2 nitrogen and oxygen atoms in total. The maximum absolute atomic E-state index is 6.00. The lowest BCUT2D eigenvalue weighted by atomic mass is 10.1. The second-order valence-corrected chi connectivity index (χ2v) is 5.54. The van der Waals surface area contributed by atoms with Crippen molar-refractivity contribution in [2.75, 3.05) is 0 Å². The summed E-state index contributed by atoms with van der Waals surface area (Å²) in [6.45, 7) is 0. The minimum atomic E-state index is 0.537. The fourth-order valence-electron chi connectivity index (χ4n) is 1.68. The lowest BCUT2D eigenvalue weighted by molar-refractivity contribution is 1.10. The number of aromatic amines is 1. The molecule has 3 rings (SSSR count). The zero-order valence-corrected chi connectivity index (χ0v) is 11.5. The number of benzene rings is 1. The van der Waals surface area contributed by atoms with E-state index in [1.165, 1.54) is 0 Å². The average Bonchev–Trinajstić information content (AvgIpc) is 3.01. The van der Waals surface area contributed by atoms with Gasteiger partial charge in [-0.1, -0.05) is 35.3 Å². The van der Waals surface area contributed by atoms with Gasteiger partial charge >= 0.3 is 0 Å². The van der Waals surface area contributed by atoms with Gasteiger partial charge in [-0.25, -0.2) is 0 Å². The van der Waals surface area contributed by atoms with Crippen LogP contribution in [0.3, 0.4) is 0 Å². The lowest BCUT2D eigenvalue weighted by Gasteiger charge is -1.98. The molecule has 90 valence electrons. The van der Waals surface area contributed by atoms with Gasteiger partial charge in [-0.3, -0.25) is 5.10 Å². The van der Waals surface area contributed by atoms with Crippen LogP contribution in [0, 0.1) is 0 Å². The van der Waals surface area contributed by atoms with Crippen LogP contribution in [0.1, 0.15) is 0 Å². The van der Waals surface area contributed by atoms with E-state index >= 15 is 0 Å². The monoisotopic (exact) mass is 294 g/mol. The third-order valence-electron chi connectivity index (χ3n) is 2.58. The Hall–Kier alpha value is -1.29. The number of H-pyrrole nitrogens is 1. The zero-order valence-electron chi connectivity index (χ0n) is 9.15. The molecule has 0 fully saturated rings. The molecule has 0 saturated heterocycles. The number of thiophene rings is 1. The first-order valence-electron chi connectivity index (χ1n) is 5.29. The van der Waals surface area contributed by atoms with Gasteiger partial charge in [-0.2, -0.15) is 5.10 Å². The molecule has 1 N–H and O–H groups in total. The number of hydrogen-bond donors (Lipinski definition) is 1. The Kier molecular flexibility index (Phi) is 3.12. The minimum absolute atomic E-state index is 0.537. The highest BCUT2D eigenvalue weighted by Gasteiger charge is 2.08. The van der Waals surface area contributed by atoms with Crippen molar-refractivity contribution in [3.63, 3.8) is 0 Å². The molecule has 5 heteroatoms. The van der Waals surface area contributed by atoms with E-state index < -0.39 is 0 Å². The second-order valence-electron chi connectivity index (χ2n) is 3.77. The van der Waals surface area contributed by atoms with Crippen molar-refractivity contribution in [2.45, 2.75) is 0 Å². The van der Waals surface area contributed by atoms with E-state index in [0.717, 1.165) is 21.8 Å². The summed E-state index contributed by atoms with van der Waals surface area (Å²) < 4.78 is 0. The van der Waals surface area contributed by atoms with Gasteiger partial charge in [-0.15, -0.1) is 11.3 Å². The molecule has 18 heavy (non-hydrogen) atoms. The predicted molar refractivity (Wildman–Crippen MR) is 77.4 cm³/mol. The summed E-state index contributed by atoms with van der Waals surface area (Å²) in [6, 6.07) is 11.6. The van der Waals surface area contributed by atoms with Gasteiger partial charge in [0.2, 0.25) is 0 Å². The number of halogens is 2. The maximum atomic E-state index is 6.00. The Morgan fingerprint density at radius 3 is 2.67 bits per heavy atom. The summed E-state index contributed by atoms with van der Waals surface area (Å²) in [7, 11) is 0. The van der Waals surface area contributed by atoms with Gasteiger partial charge < -0.3 is 0 Å². The second kappa shape index (κ2) is 4.76. The summed E-state index contributed by atoms with van der Waals surface area (Å²) in [5, 5.41) is 10.4. The molecule has 0 aliphatic rings. The van der Waals surface area contributed by atoms with E-state index in [4.69, 9.17) is 23.2 Å². The fourth-order valence-corrected chi connectivity index (χ4v) is 2.67. The number of aromatic nitrogens is 2. The standard InChI is InChI=1S/C13H8Cl2N2S/c14-9-4-3-8(6-10(9)15)11-7-12(17-16-11)13-2-1-5-18-13/h1-7H,(H,16,17). The van der Waals surface area contributed by atoms with Crippen LogP contribution in [0.4, 0.5) is 0 Å². The number of hydrogen-bond acceptors (Lipinski definition) is 2. The highest BCUT2D eigenvalue weighted by molar-refractivity contribution is 7.13. The van der Waals surface area contributed by atoms with E-state index in [1.807, 2.05) is 29.6 Å². The quantitative estimate of drug-likeness (QED) is 0.699. The Morgan fingerprint density at radius 1 is 1.06 bits per heavy atom. The van der Waals surface area contributed by atoms with Crippen molar-refractivity contribution in [3.05, 3.63) is 51.8 Å². The van der Waals surface area contributed by atoms with Crippen LogP contribution in [-0.4, -0.2) is 10.2 Å². The molecule has 0 aliphatic carbocycles. The minimum Gasteiger partial charge on any atom is -0.276 e. The first-order chi connectivity index (χ1) is 8.74. The van der Waals surface area contributed by atoms with Crippen LogP contribution in [-0.2, 0) is 0 Å². The molecule has 3 aromatic rings. The van der Waals surface area contributed by atoms with E-state index in [9.17, 15) is 0 Å². The topological polar surface area (TPSA) is 28.7 Å². The molecule has 0 amide bonds. The van der Waals surface area contributed by atoms with Gasteiger partial charge in [0.1, 0.15) is 0 Å². The molecular weight excluding hydrogens is 287 g/mol. The van der Waals surface area contributed by atoms with Crippen molar-refractivity contribution in [3.8, 4) is 21.8 Å². The van der Waals surface area contributed by atoms with Gasteiger partial charge in [-0.05, 0) is 29.6 Å². The van der Waals surface area contributed by atoms with Gasteiger partial charge in [0.05, 0.1) is 26.3 Å². The molecule has 0 aliphatic heterocycles. The van der Waals surface area contributed by atoms with E-state index in [2.05, 4.69) is 16.3 Å². The molecule has 0 radical (unpaired) electrons. The molecule has 2 aromatic heterocycles. The van der Waals surface area contributed by atoms with Gasteiger partial charge in [0, 0.05) is 5.56 Å².